The van der Waals surface area contributed by atoms with Crippen LogP contribution >= 0.6 is 15.9 Å². The summed E-state index contributed by atoms with van der Waals surface area (Å²) in [5.41, 5.74) is 0.0753. The summed E-state index contributed by atoms with van der Waals surface area (Å²) in [4.78, 5) is 14.6. The Morgan fingerprint density at radius 1 is 1.14 bits per heavy atom. The lowest BCUT2D eigenvalue weighted by atomic mass is 10.0. The number of nitrogens with one attached hydrogen (secondary N) is 1. The van der Waals surface area contributed by atoms with Gasteiger partial charge in [-0.15, -0.1) is 0 Å². The molecule has 1 amide bonds. The summed E-state index contributed by atoms with van der Waals surface area (Å²) < 4.78 is 57.9. The average Bonchev–Trinajstić information content (AvgIpc) is 2.70. The number of hydrogen-bond acceptors (Lipinski definition) is 3. The number of hydrogen-bond donors (Lipinski definition) is 1. The van der Waals surface area contributed by atoms with Crippen LogP contribution in [-0.2, 0) is 10.9 Å². The SMILES string of the molecule is O=C(NCC(c1ccc(C(F)(F)F)cc1)N1CCOCC1)c1cc(F)ccc1Br. The fourth-order valence-electron chi connectivity index (χ4n) is 3.20. The van der Waals surface area contributed by atoms with Crippen LogP contribution in [0.1, 0.15) is 27.5 Å². The smallest absolute Gasteiger partial charge is 0.379 e. The van der Waals surface area contributed by atoms with Crippen LogP contribution in [0.4, 0.5) is 17.6 Å². The molecule has 1 unspecified atom stereocenters. The minimum atomic E-state index is -4.41. The molecule has 2 aromatic rings. The van der Waals surface area contributed by atoms with Crippen molar-refractivity contribution in [2.45, 2.75) is 12.2 Å². The minimum Gasteiger partial charge on any atom is -0.379 e. The van der Waals surface area contributed by atoms with Gasteiger partial charge in [0.25, 0.3) is 5.91 Å². The fraction of sp³-hybridized carbons (Fsp3) is 0.350. The van der Waals surface area contributed by atoms with E-state index in [0.717, 1.165) is 18.2 Å². The van der Waals surface area contributed by atoms with Crippen LogP contribution in [0.15, 0.2) is 46.9 Å². The van der Waals surface area contributed by atoms with Crippen LogP contribution in [0.2, 0.25) is 0 Å². The van der Waals surface area contributed by atoms with Gasteiger partial charge in [-0.05, 0) is 51.8 Å². The third-order valence-electron chi connectivity index (χ3n) is 4.74. The summed E-state index contributed by atoms with van der Waals surface area (Å²) in [7, 11) is 0. The molecule has 0 aliphatic carbocycles. The fourth-order valence-corrected chi connectivity index (χ4v) is 3.62. The lowest BCUT2D eigenvalue weighted by Gasteiger charge is -2.35. The molecule has 1 heterocycles. The summed E-state index contributed by atoms with van der Waals surface area (Å²) >= 11 is 3.23. The largest absolute Gasteiger partial charge is 0.416 e. The van der Waals surface area contributed by atoms with Gasteiger partial charge < -0.3 is 10.1 Å². The van der Waals surface area contributed by atoms with E-state index in [1.165, 1.54) is 24.3 Å². The first-order valence-corrected chi connectivity index (χ1v) is 9.77. The topological polar surface area (TPSA) is 41.6 Å². The van der Waals surface area contributed by atoms with Crippen molar-refractivity contribution in [1.82, 2.24) is 10.2 Å². The number of morpholine rings is 1. The molecule has 9 heteroatoms. The third-order valence-corrected chi connectivity index (χ3v) is 5.43. The number of ether oxygens (including phenoxy) is 1. The first kappa shape index (κ1) is 21.7. The van der Waals surface area contributed by atoms with E-state index in [2.05, 4.69) is 21.2 Å². The van der Waals surface area contributed by atoms with E-state index in [1.807, 2.05) is 4.90 Å². The Morgan fingerprint density at radius 2 is 1.79 bits per heavy atom. The molecule has 0 radical (unpaired) electrons. The van der Waals surface area contributed by atoms with E-state index < -0.39 is 23.5 Å². The first-order valence-electron chi connectivity index (χ1n) is 8.98. The summed E-state index contributed by atoms with van der Waals surface area (Å²) in [5.74, 6) is -1.01. The Morgan fingerprint density at radius 3 is 2.41 bits per heavy atom. The van der Waals surface area contributed by atoms with Gasteiger partial charge in [-0.25, -0.2) is 4.39 Å². The van der Waals surface area contributed by atoms with Crippen molar-refractivity contribution in [3.63, 3.8) is 0 Å². The highest BCUT2D eigenvalue weighted by atomic mass is 79.9. The van der Waals surface area contributed by atoms with Gasteiger partial charge in [0, 0.05) is 24.1 Å². The average molecular weight is 475 g/mol. The quantitative estimate of drug-likeness (QED) is 0.652. The van der Waals surface area contributed by atoms with E-state index in [4.69, 9.17) is 4.74 Å². The summed E-state index contributed by atoms with van der Waals surface area (Å²) in [5, 5.41) is 2.77. The van der Waals surface area contributed by atoms with E-state index in [9.17, 15) is 22.4 Å². The summed E-state index contributed by atoms with van der Waals surface area (Å²) in [6.45, 7) is 2.34. The number of amides is 1. The highest BCUT2D eigenvalue weighted by Crippen LogP contribution is 2.31. The second-order valence-corrected chi connectivity index (χ2v) is 7.47. The number of carbonyl (C=O) groups is 1. The van der Waals surface area contributed by atoms with Crippen molar-refractivity contribution in [3.8, 4) is 0 Å². The highest BCUT2D eigenvalue weighted by Gasteiger charge is 2.31. The van der Waals surface area contributed by atoms with Crippen molar-refractivity contribution in [2.75, 3.05) is 32.8 Å². The van der Waals surface area contributed by atoms with Gasteiger partial charge in [-0.1, -0.05) is 12.1 Å². The summed E-state index contributed by atoms with van der Waals surface area (Å²) in [6, 6.07) is 8.39. The van der Waals surface area contributed by atoms with Gasteiger partial charge in [0.05, 0.1) is 30.4 Å². The molecule has 0 bridgehead atoms. The normalized spacial score (nSPS) is 16.4. The van der Waals surface area contributed by atoms with Crippen LogP contribution in [0.5, 0.6) is 0 Å². The summed E-state index contributed by atoms with van der Waals surface area (Å²) in [6.07, 6.45) is -4.41. The zero-order valence-electron chi connectivity index (χ0n) is 15.3. The standard InChI is InChI=1S/C20H19BrF4N2O2/c21-17-6-5-15(22)11-16(17)19(28)26-12-18(27-7-9-29-10-8-27)13-1-3-14(4-2-13)20(23,24)25/h1-6,11,18H,7-10,12H2,(H,26,28). The molecule has 0 saturated carbocycles. The van der Waals surface area contributed by atoms with Gasteiger partial charge >= 0.3 is 6.18 Å². The second kappa shape index (κ2) is 9.23. The predicted octanol–water partition coefficient (Wildman–Crippen LogP) is 4.41. The van der Waals surface area contributed by atoms with Crippen molar-refractivity contribution in [3.05, 3.63) is 69.4 Å². The molecule has 0 spiro atoms. The Bertz CT molecular complexity index is 853. The Balaban J connectivity index is 1.79. The molecule has 1 N–H and O–H groups in total. The Labute approximate surface area is 174 Å². The number of alkyl halides is 3. The van der Waals surface area contributed by atoms with Crippen molar-refractivity contribution < 1.29 is 27.1 Å². The lowest BCUT2D eigenvalue weighted by Crippen LogP contribution is -2.43. The van der Waals surface area contributed by atoms with E-state index >= 15 is 0 Å². The molecule has 3 rings (SSSR count). The van der Waals surface area contributed by atoms with Gasteiger partial charge in [0.1, 0.15) is 5.82 Å². The molecule has 2 aromatic carbocycles. The number of nitrogens with zero attached hydrogens (tertiary/aromatic N) is 1. The van der Waals surface area contributed by atoms with Crippen LogP contribution in [0.3, 0.4) is 0 Å². The molecule has 1 saturated heterocycles. The maximum absolute atomic E-state index is 13.5. The van der Waals surface area contributed by atoms with Crippen molar-refractivity contribution in [2.24, 2.45) is 0 Å². The molecule has 0 aromatic heterocycles. The molecular formula is C20H19BrF4N2O2. The Hall–Kier alpha value is -1.97. The molecule has 1 aliphatic heterocycles. The first-order chi connectivity index (χ1) is 13.8. The number of halogens is 5. The molecule has 1 fully saturated rings. The van der Waals surface area contributed by atoms with E-state index in [1.54, 1.807) is 0 Å². The molecule has 156 valence electrons. The molecule has 4 nitrogen and oxygen atoms in total. The van der Waals surface area contributed by atoms with Crippen LogP contribution in [0.25, 0.3) is 0 Å². The highest BCUT2D eigenvalue weighted by molar-refractivity contribution is 9.10. The number of rotatable bonds is 5. The predicted molar refractivity (Wildman–Crippen MR) is 103 cm³/mol. The molecular weight excluding hydrogens is 456 g/mol. The minimum absolute atomic E-state index is 0.151. The molecule has 1 aliphatic rings. The Kier molecular flexibility index (Phi) is 6.92. The maximum Gasteiger partial charge on any atom is 0.416 e. The van der Waals surface area contributed by atoms with Crippen molar-refractivity contribution >= 4 is 21.8 Å². The van der Waals surface area contributed by atoms with Crippen LogP contribution < -0.4 is 5.32 Å². The van der Waals surface area contributed by atoms with E-state index in [0.29, 0.717) is 36.3 Å². The number of carbonyl (C=O) groups excluding carboxylic acids is 1. The van der Waals surface area contributed by atoms with Gasteiger partial charge in [0.15, 0.2) is 0 Å². The second-order valence-electron chi connectivity index (χ2n) is 6.62. The van der Waals surface area contributed by atoms with Gasteiger partial charge in [-0.3, -0.25) is 9.69 Å². The van der Waals surface area contributed by atoms with Crippen molar-refractivity contribution in [1.29, 1.82) is 0 Å². The van der Waals surface area contributed by atoms with Gasteiger partial charge in [-0.2, -0.15) is 13.2 Å². The third kappa shape index (κ3) is 5.55. The molecule has 29 heavy (non-hydrogen) atoms. The van der Waals surface area contributed by atoms with Crippen LogP contribution in [-0.4, -0.2) is 43.7 Å². The van der Waals surface area contributed by atoms with Gasteiger partial charge in [0.2, 0.25) is 0 Å². The zero-order valence-corrected chi connectivity index (χ0v) is 16.9. The molecule has 1 atom stereocenters. The monoisotopic (exact) mass is 474 g/mol. The lowest BCUT2D eigenvalue weighted by molar-refractivity contribution is -0.137. The van der Waals surface area contributed by atoms with Crippen LogP contribution in [0, 0.1) is 5.82 Å². The maximum atomic E-state index is 13.5. The van der Waals surface area contributed by atoms with E-state index in [-0.39, 0.29) is 18.2 Å². The number of benzene rings is 2. The zero-order chi connectivity index (χ0) is 21.0.